The maximum atomic E-state index is 10.1. The summed E-state index contributed by atoms with van der Waals surface area (Å²) >= 11 is 0. The lowest BCUT2D eigenvalue weighted by Crippen LogP contribution is -2.22. The van der Waals surface area contributed by atoms with Crippen LogP contribution in [0.3, 0.4) is 0 Å². The average Bonchev–Trinajstić information content (AvgIpc) is 1.67. The van der Waals surface area contributed by atoms with Crippen LogP contribution in [-0.2, 0) is 4.79 Å². The number of amides is 1. The van der Waals surface area contributed by atoms with Crippen LogP contribution in [0.1, 0.15) is 6.92 Å². The molecule has 0 saturated carbocycles. The lowest BCUT2D eigenvalue weighted by Gasteiger charge is -1.89. The number of carbonyl (C=O) groups is 1. The molecule has 0 aliphatic carbocycles. The summed E-state index contributed by atoms with van der Waals surface area (Å²) in [6.45, 7) is 1.54. The quantitative estimate of drug-likeness (QED) is 0.360. The Morgan fingerprint density at radius 1 is 1.75 bits per heavy atom. The number of nitrogens with zero attached hydrogens (tertiary/aromatic N) is 1. The van der Waals surface area contributed by atoms with Gasteiger partial charge in [-0.2, -0.15) is 5.10 Å². The molecule has 46 valence electrons. The van der Waals surface area contributed by atoms with Crippen molar-refractivity contribution >= 4 is 11.6 Å². The van der Waals surface area contributed by atoms with Gasteiger partial charge in [-0.1, -0.05) is 0 Å². The summed E-state index contributed by atoms with van der Waals surface area (Å²) in [5, 5.41) is 3.52. The monoisotopic (exact) mass is 115 g/mol. The average molecular weight is 115 g/mol. The zero-order chi connectivity index (χ0) is 6.57. The maximum absolute atomic E-state index is 10.1. The molecule has 8 heavy (non-hydrogen) atoms. The van der Waals surface area contributed by atoms with E-state index in [-0.39, 0.29) is 5.71 Å². The van der Waals surface area contributed by atoms with Gasteiger partial charge < -0.3 is 11.2 Å². The van der Waals surface area contributed by atoms with Crippen LogP contribution in [0.2, 0.25) is 0 Å². The fourth-order valence-corrected chi connectivity index (χ4v) is 0.223. The van der Waals surface area contributed by atoms with E-state index in [2.05, 4.69) is 10.5 Å². The molecule has 0 aromatic heterocycles. The highest BCUT2D eigenvalue weighted by molar-refractivity contribution is 6.37. The first-order chi connectivity index (χ1) is 3.68. The van der Waals surface area contributed by atoms with Crippen molar-refractivity contribution in [3.63, 3.8) is 0 Å². The van der Waals surface area contributed by atoms with Gasteiger partial charge in [0.25, 0.3) is 5.91 Å². The molecule has 0 aromatic rings. The van der Waals surface area contributed by atoms with Crippen LogP contribution in [0.15, 0.2) is 5.10 Å². The van der Waals surface area contributed by atoms with Gasteiger partial charge >= 0.3 is 0 Å². The minimum atomic E-state index is -0.501. The third kappa shape index (κ3) is 2.17. The van der Waals surface area contributed by atoms with Crippen molar-refractivity contribution in [1.29, 1.82) is 0 Å². The first kappa shape index (κ1) is 6.94. The van der Waals surface area contributed by atoms with Crippen molar-refractivity contribution in [3.05, 3.63) is 0 Å². The second kappa shape index (κ2) is 3.01. The molecule has 0 fully saturated rings. The second-order valence-electron chi connectivity index (χ2n) is 1.29. The first-order valence-corrected chi connectivity index (χ1v) is 2.19. The van der Waals surface area contributed by atoms with Gasteiger partial charge in [0, 0.05) is 7.05 Å². The molecule has 0 aliphatic rings. The van der Waals surface area contributed by atoms with Gasteiger partial charge in [0.1, 0.15) is 5.71 Å². The summed E-state index contributed by atoms with van der Waals surface area (Å²) in [7, 11) is 1.60. The molecule has 0 spiro atoms. The molecule has 0 saturated heterocycles. The Morgan fingerprint density at radius 2 is 2.25 bits per heavy atom. The summed E-state index contributed by atoms with van der Waals surface area (Å²) in [4.78, 5) is 10.1. The zero-order valence-electron chi connectivity index (χ0n) is 4.93. The molecule has 4 nitrogen and oxygen atoms in total. The number of hydrogen-bond acceptors (Lipinski definition) is 3. The van der Waals surface area contributed by atoms with Crippen molar-refractivity contribution < 1.29 is 4.79 Å². The molecule has 0 heterocycles. The molecule has 0 bridgehead atoms. The topological polar surface area (TPSA) is 67.5 Å². The molecule has 3 N–H and O–H groups in total. The number of rotatable bonds is 2. The molecule has 0 aromatic carbocycles. The largest absolute Gasteiger partial charge is 0.365 e. The van der Waals surface area contributed by atoms with Crippen LogP contribution in [0.5, 0.6) is 0 Å². The van der Waals surface area contributed by atoms with E-state index in [1.807, 2.05) is 0 Å². The van der Waals surface area contributed by atoms with Gasteiger partial charge in [0.15, 0.2) is 0 Å². The van der Waals surface area contributed by atoms with Gasteiger partial charge in [-0.25, -0.2) is 0 Å². The number of hydrazone groups is 1. The highest BCUT2D eigenvalue weighted by Crippen LogP contribution is 1.67. The summed E-state index contributed by atoms with van der Waals surface area (Å²) < 4.78 is 0. The molecule has 0 unspecified atom stereocenters. The predicted octanol–water partition coefficient (Wildman–Crippen LogP) is -0.933. The third-order valence-corrected chi connectivity index (χ3v) is 0.636. The van der Waals surface area contributed by atoms with E-state index in [0.29, 0.717) is 0 Å². The van der Waals surface area contributed by atoms with Crippen LogP contribution in [0, 0.1) is 0 Å². The van der Waals surface area contributed by atoms with Crippen molar-refractivity contribution in [3.8, 4) is 0 Å². The summed E-state index contributed by atoms with van der Waals surface area (Å²) in [6.07, 6.45) is 0. The van der Waals surface area contributed by atoms with Crippen LogP contribution in [0.4, 0.5) is 0 Å². The number of nitrogens with two attached hydrogens (primary N) is 1. The Balaban J connectivity index is 3.80. The van der Waals surface area contributed by atoms with Crippen molar-refractivity contribution in [2.24, 2.45) is 10.8 Å². The highest BCUT2D eigenvalue weighted by atomic mass is 16.1. The van der Waals surface area contributed by atoms with Crippen LogP contribution in [-0.4, -0.2) is 18.7 Å². The molecule has 0 radical (unpaired) electrons. The van der Waals surface area contributed by atoms with E-state index >= 15 is 0 Å². The molecular weight excluding hydrogens is 106 g/mol. The number of hydrogen-bond donors (Lipinski definition) is 2. The minimum Gasteiger partial charge on any atom is -0.365 e. The van der Waals surface area contributed by atoms with Gasteiger partial charge in [-0.15, -0.1) is 0 Å². The number of nitrogens with one attached hydrogen (secondary N) is 1. The van der Waals surface area contributed by atoms with E-state index in [0.717, 1.165) is 0 Å². The third-order valence-electron chi connectivity index (χ3n) is 0.636. The summed E-state index contributed by atoms with van der Waals surface area (Å²) in [5.41, 5.74) is 7.53. The lowest BCUT2D eigenvalue weighted by molar-refractivity contribution is -0.112. The molecule has 1 amide bonds. The molecule has 0 rings (SSSR count). The standard InChI is InChI=1S/C4H9N3O/c1-3(4(5)8)7-6-2/h6H,1-2H3,(H2,5,8)/b7-3+. The van der Waals surface area contributed by atoms with Gasteiger partial charge in [0.2, 0.25) is 0 Å². The van der Waals surface area contributed by atoms with Gasteiger partial charge in [-0.3, -0.25) is 4.79 Å². The normalized spacial score (nSPS) is 11.0. The molecule has 0 atom stereocenters. The smallest absolute Gasteiger partial charge is 0.264 e. The molecular formula is C4H9N3O. The Labute approximate surface area is 47.8 Å². The van der Waals surface area contributed by atoms with E-state index in [1.54, 1.807) is 14.0 Å². The maximum Gasteiger partial charge on any atom is 0.264 e. The lowest BCUT2D eigenvalue weighted by atomic mass is 10.4. The summed E-state index contributed by atoms with van der Waals surface area (Å²) in [6, 6.07) is 0. The SMILES string of the molecule is CN/N=C(\C)C(N)=O. The van der Waals surface area contributed by atoms with Crippen molar-refractivity contribution in [1.82, 2.24) is 5.43 Å². The fraction of sp³-hybridized carbons (Fsp3) is 0.500. The van der Waals surface area contributed by atoms with Crippen molar-refractivity contribution in [2.75, 3.05) is 7.05 Å². The fourth-order valence-electron chi connectivity index (χ4n) is 0.223. The van der Waals surface area contributed by atoms with Crippen LogP contribution < -0.4 is 11.2 Å². The zero-order valence-corrected chi connectivity index (χ0v) is 4.93. The van der Waals surface area contributed by atoms with Crippen molar-refractivity contribution in [2.45, 2.75) is 6.92 Å². The van der Waals surface area contributed by atoms with E-state index in [1.165, 1.54) is 0 Å². The number of carbonyl (C=O) groups excluding carboxylic acids is 1. The van der Waals surface area contributed by atoms with E-state index < -0.39 is 5.91 Å². The van der Waals surface area contributed by atoms with E-state index in [4.69, 9.17) is 5.73 Å². The first-order valence-electron chi connectivity index (χ1n) is 2.19. The second-order valence-corrected chi connectivity index (χ2v) is 1.29. The Kier molecular flexibility index (Phi) is 2.61. The van der Waals surface area contributed by atoms with Gasteiger partial charge in [0.05, 0.1) is 0 Å². The van der Waals surface area contributed by atoms with E-state index in [9.17, 15) is 4.79 Å². The van der Waals surface area contributed by atoms with Crippen LogP contribution >= 0.6 is 0 Å². The summed E-state index contributed by atoms with van der Waals surface area (Å²) in [5.74, 6) is -0.501. The Morgan fingerprint density at radius 3 is 2.38 bits per heavy atom. The number of primary amides is 1. The van der Waals surface area contributed by atoms with Crippen LogP contribution in [0.25, 0.3) is 0 Å². The molecule has 4 heteroatoms. The van der Waals surface area contributed by atoms with Gasteiger partial charge in [-0.05, 0) is 6.92 Å². The Hall–Kier alpha value is -1.06. The minimum absolute atomic E-state index is 0.285. The highest BCUT2D eigenvalue weighted by Gasteiger charge is 1.94. The Bertz CT molecular complexity index is 118. The predicted molar refractivity (Wildman–Crippen MR) is 31.4 cm³/mol. The molecule has 0 aliphatic heterocycles.